The number of fused-ring (bicyclic) bond motifs is 1. The minimum atomic E-state index is -1.05. The van der Waals surface area contributed by atoms with Crippen molar-refractivity contribution >= 4 is 39.1 Å². The second-order valence-corrected chi connectivity index (χ2v) is 6.27. The number of carbonyl (C=O) groups excluding carboxylic acids is 1. The van der Waals surface area contributed by atoms with Crippen molar-refractivity contribution in [2.24, 2.45) is 0 Å². The summed E-state index contributed by atoms with van der Waals surface area (Å²) in [7, 11) is 0. The lowest BCUT2D eigenvalue weighted by atomic mass is 10.00. The van der Waals surface area contributed by atoms with E-state index in [1.54, 1.807) is 19.1 Å². The molecule has 0 fully saturated rings. The van der Waals surface area contributed by atoms with Gasteiger partial charge in [0, 0.05) is 16.5 Å². The molecule has 2 heterocycles. The van der Waals surface area contributed by atoms with Crippen LogP contribution in [0.2, 0.25) is 0 Å². The number of carboxylic acid groups (broad SMARTS) is 1. The van der Waals surface area contributed by atoms with E-state index in [0.717, 1.165) is 16.7 Å². The molecule has 3 N–H and O–H groups in total. The zero-order chi connectivity index (χ0) is 17.3. The molecule has 0 aliphatic carbocycles. The lowest BCUT2D eigenvalue weighted by Crippen LogP contribution is -2.24. The zero-order valence-electron chi connectivity index (χ0n) is 12.7. The summed E-state index contributed by atoms with van der Waals surface area (Å²) in [4.78, 5) is 38.2. The molecule has 0 spiro atoms. The highest BCUT2D eigenvalue weighted by Crippen LogP contribution is 2.23. The summed E-state index contributed by atoms with van der Waals surface area (Å²) >= 11 is 1.13. The summed E-state index contributed by atoms with van der Waals surface area (Å²) in [5.74, 6) is -2.09. The van der Waals surface area contributed by atoms with Crippen LogP contribution in [0, 0.1) is 0 Å². The SMILES string of the molecule is CC(C(=O)Nc1cc(C(=O)O)cs1)c1cc2ccccc2[nH]c1=O. The van der Waals surface area contributed by atoms with E-state index in [0.29, 0.717) is 16.1 Å². The van der Waals surface area contributed by atoms with Crippen LogP contribution in [0.1, 0.15) is 28.8 Å². The molecule has 0 aliphatic heterocycles. The first kappa shape index (κ1) is 15.9. The van der Waals surface area contributed by atoms with Gasteiger partial charge in [-0.1, -0.05) is 18.2 Å². The molecular weight excluding hydrogens is 328 g/mol. The lowest BCUT2D eigenvalue weighted by molar-refractivity contribution is -0.117. The summed E-state index contributed by atoms with van der Waals surface area (Å²) in [6.45, 7) is 1.64. The number of thiophene rings is 1. The van der Waals surface area contributed by atoms with Gasteiger partial charge < -0.3 is 15.4 Å². The number of carboxylic acids is 1. The first-order valence-electron chi connectivity index (χ1n) is 7.20. The number of H-pyrrole nitrogens is 1. The highest BCUT2D eigenvalue weighted by Gasteiger charge is 2.20. The quantitative estimate of drug-likeness (QED) is 0.678. The van der Waals surface area contributed by atoms with Gasteiger partial charge in [-0.2, -0.15) is 0 Å². The van der Waals surface area contributed by atoms with E-state index in [1.165, 1.54) is 11.4 Å². The molecule has 2 aromatic heterocycles. The number of anilines is 1. The van der Waals surface area contributed by atoms with E-state index in [4.69, 9.17) is 5.11 Å². The van der Waals surface area contributed by atoms with E-state index in [2.05, 4.69) is 10.3 Å². The molecular formula is C17H14N2O4S. The molecule has 1 atom stereocenters. The van der Waals surface area contributed by atoms with Crippen LogP contribution in [0.3, 0.4) is 0 Å². The van der Waals surface area contributed by atoms with Crippen molar-refractivity contribution in [2.45, 2.75) is 12.8 Å². The Balaban J connectivity index is 1.86. The predicted molar refractivity (Wildman–Crippen MR) is 92.9 cm³/mol. The molecule has 0 bridgehead atoms. The van der Waals surface area contributed by atoms with E-state index in [9.17, 15) is 14.4 Å². The third-order valence-corrected chi connectivity index (χ3v) is 4.58. The standard InChI is InChI=1S/C17H14N2O4S/c1-9(15(20)19-14-7-11(8-24-14)17(22)23)12-6-10-4-2-3-5-13(10)18-16(12)21/h2-9H,1H3,(H,18,21)(H,19,20)(H,22,23). The van der Waals surface area contributed by atoms with Crippen molar-refractivity contribution in [3.8, 4) is 0 Å². The third kappa shape index (κ3) is 3.07. The molecule has 0 radical (unpaired) electrons. The molecule has 0 aliphatic rings. The number of carbonyl (C=O) groups is 2. The van der Waals surface area contributed by atoms with Crippen molar-refractivity contribution < 1.29 is 14.7 Å². The molecule has 0 saturated carbocycles. The van der Waals surface area contributed by atoms with Crippen LogP contribution in [0.15, 0.2) is 46.6 Å². The van der Waals surface area contributed by atoms with Crippen LogP contribution in [0.4, 0.5) is 5.00 Å². The third-order valence-electron chi connectivity index (χ3n) is 3.73. The minimum Gasteiger partial charge on any atom is -0.478 e. The summed E-state index contributed by atoms with van der Waals surface area (Å²) in [5.41, 5.74) is 0.879. The number of hydrogen-bond acceptors (Lipinski definition) is 4. The summed E-state index contributed by atoms with van der Waals surface area (Å²) in [5, 5.41) is 14.3. The second-order valence-electron chi connectivity index (χ2n) is 5.36. The number of aromatic nitrogens is 1. The number of rotatable bonds is 4. The van der Waals surface area contributed by atoms with Gasteiger partial charge in [0.15, 0.2) is 0 Å². The molecule has 24 heavy (non-hydrogen) atoms. The van der Waals surface area contributed by atoms with Crippen molar-refractivity contribution in [1.29, 1.82) is 0 Å². The number of pyridine rings is 1. The molecule has 3 aromatic rings. The van der Waals surface area contributed by atoms with Crippen molar-refractivity contribution in [3.05, 3.63) is 63.3 Å². The Bertz CT molecular complexity index is 989. The zero-order valence-corrected chi connectivity index (χ0v) is 13.5. The molecule has 0 saturated heterocycles. The van der Waals surface area contributed by atoms with Crippen LogP contribution in [0.5, 0.6) is 0 Å². The van der Waals surface area contributed by atoms with Crippen LogP contribution >= 0.6 is 11.3 Å². The Morgan fingerprint density at radius 2 is 2.00 bits per heavy atom. The molecule has 3 rings (SSSR count). The van der Waals surface area contributed by atoms with Crippen molar-refractivity contribution in [1.82, 2.24) is 4.98 Å². The predicted octanol–water partition coefficient (Wildman–Crippen LogP) is 3.03. The molecule has 122 valence electrons. The Morgan fingerprint density at radius 3 is 2.71 bits per heavy atom. The highest BCUT2D eigenvalue weighted by molar-refractivity contribution is 7.14. The van der Waals surface area contributed by atoms with Crippen LogP contribution in [-0.4, -0.2) is 22.0 Å². The van der Waals surface area contributed by atoms with E-state index < -0.39 is 11.9 Å². The van der Waals surface area contributed by atoms with Gasteiger partial charge in [0.05, 0.1) is 16.5 Å². The second kappa shape index (κ2) is 6.29. The Morgan fingerprint density at radius 1 is 1.25 bits per heavy atom. The normalized spacial score (nSPS) is 12.0. The first-order valence-corrected chi connectivity index (χ1v) is 8.08. The number of nitrogens with one attached hydrogen (secondary N) is 2. The number of hydrogen-bond donors (Lipinski definition) is 3. The van der Waals surface area contributed by atoms with Gasteiger partial charge in [-0.3, -0.25) is 9.59 Å². The molecule has 1 unspecified atom stereocenters. The smallest absolute Gasteiger partial charge is 0.336 e. The highest BCUT2D eigenvalue weighted by atomic mass is 32.1. The van der Waals surface area contributed by atoms with Crippen LogP contribution in [0.25, 0.3) is 10.9 Å². The lowest BCUT2D eigenvalue weighted by Gasteiger charge is -2.11. The maximum atomic E-state index is 12.4. The number of aromatic amines is 1. The fourth-order valence-electron chi connectivity index (χ4n) is 2.37. The van der Waals surface area contributed by atoms with Gasteiger partial charge in [-0.15, -0.1) is 11.3 Å². The van der Waals surface area contributed by atoms with Crippen LogP contribution in [-0.2, 0) is 4.79 Å². The van der Waals surface area contributed by atoms with Gasteiger partial charge in [0.25, 0.3) is 5.56 Å². The number of aromatic carboxylic acids is 1. The molecule has 7 heteroatoms. The summed E-state index contributed by atoms with van der Waals surface area (Å²) in [6.07, 6.45) is 0. The monoisotopic (exact) mass is 342 g/mol. The number of benzene rings is 1. The Kier molecular flexibility index (Phi) is 4.18. The maximum Gasteiger partial charge on any atom is 0.336 e. The molecule has 6 nitrogen and oxygen atoms in total. The fourth-order valence-corrected chi connectivity index (χ4v) is 3.15. The van der Waals surface area contributed by atoms with E-state index in [-0.39, 0.29) is 17.0 Å². The van der Waals surface area contributed by atoms with Crippen LogP contribution < -0.4 is 10.9 Å². The van der Waals surface area contributed by atoms with Gasteiger partial charge >= 0.3 is 5.97 Å². The summed E-state index contributed by atoms with van der Waals surface area (Å²) in [6, 6.07) is 10.4. The van der Waals surface area contributed by atoms with Gasteiger partial charge in [-0.25, -0.2) is 4.79 Å². The average molecular weight is 342 g/mol. The van der Waals surface area contributed by atoms with Crippen molar-refractivity contribution in [3.63, 3.8) is 0 Å². The number of para-hydroxylation sites is 1. The number of amides is 1. The summed E-state index contributed by atoms with van der Waals surface area (Å²) < 4.78 is 0. The largest absolute Gasteiger partial charge is 0.478 e. The van der Waals surface area contributed by atoms with E-state index >= 15 is 0 Å². The maximum absolute atomic E-state index is 12.4. The topological polar surface area (TPSA) is 99.3 Å². The van der Waals surface area contributed by atoms with Crippen molar-refractivity contribution in [2.75, 3.05) is 5.32 Å². The Labute approximate surface area is 140 Å². The molecule has 1 aromatic carbocycles. The molecule has 1 amide bonds. The van der Waals surface area contributed by atoms with Gasteiger partial charge in [0.1, 0.15) is 0 Å². The van der Waals surface area contributed by atoms with E-state index in [1.807, 2.05) is 18.2 Å². The van der Waals surface area contributed by atoms with Gasteiger partial charge in [-0.05, 0) is 30.5 Å². The fraction of sp³-hybridized carbons (Fsp3) is 0.118. The first-order chi connectivity index (χ1) is 11.5. The van der Waals surface area contributed by atoms with Gasteiger partial charge in [0.2, 0.25) is 5.91 Å². The minimum absolute atomic E-state index is 0.117. The Hall–Kier alpha value is -2.93. The average Bonchev–Trinajstić information content (AvgIpc) is 3.02.